The van der Waals surface area contributed by atoms with Crippen LogP contribution in [0.2, 0.25) is 0 Å². The number of anilines is 1. The highest BCUT2D eigenvalue weighted by molar-refractivity contribution is 5.41. The Hall–Kier alpha value is -0.990. The van der Waals surface area contributed by atoms with Gasteiger partial charge in [-0.15, -0.1) is 0 Å². The van der Waals surface area contributed by atoms with E-state index in [1.54, 1.807) is 0 Å². The summed E-state index contributed by atoms with van der Waals surface area (Å²) in [7, 11) is 0. The molecule has 4 atom stereocenters. The highest BCUT2D eigenvalue weighted by Crippen LogP contribution is 2.57. The van der Waals surface area contributed by atoms with E-state index >= 15 is 0 Å². The Balaban J connectivity index is 1.49. The van der Waals surface area contributed by atoms with Crippen LogP contribution in [0.25, 0.3) is 0 Å². The average Bonchev–Trinajstić information content (AvgIpc) is 2.92. The number of nitrogens with zero attached hydrogens (tertiary/aromatic N) is 2. The van der Waals surface area contributed by atoms with Crippen molar-refractivity contribution in [3.63, 3.8) is 0 Å². The first kappa shape index (κ1) is 11.6. The zero-order valence-electron chi connectivity index (χ0n) is 12.4. The molecule has 2 heterocycles. The Morgan fingerprint density at radius 2 is 2.15 bits per heavy atom. The van der Waals surface area contributed by atoms with E-state index in [0.29, 0.717) is 11.5 Å². The molecule has 0 radical (unpaired) electrons. The van der Waals surface area contributed by atoms with E-state index in [-0.39, 0.29) is 0 Å². The summed E-state index contributed by atoms with van der Waals surface area (Å²) >= 11 is 0. The molecule has 3 fully saturated rings. The molecular formula is C17H25N3. The van der Waals surface area contributed by atoms with Gasteiger partial charge in [-0.1, -0.05) is 13.3 Å². The zero-order chi connectivity index (χ0) is 13.3. The van der Waals surface area contributed by atoms with Crippen molar-refractivity contribution in [2.45, 2.75) is 63.8 Å². The van der Waals surface area contributed by atoms with Gasteiger partial charge in [0.2, 0.25) is 0 Å². The van der Waals surface area contributed by atoms with Gasteiger partial charge in [0.1, 0.15) is 5.82 Å². The number of nitrogens with one attached hydrogen (secondary N) is 1. The SMILES string of the molecule is CC1(C2CCNc3cc(C4CC5CCC4C5)nn32)CC1. The smallest absolute Gasteiger partial charge is 0.124 e. The van der Waals surface area contributed by atoms with E-state index in [1.165, 1.54) is 56.5 Å². The Morgan fingerprint density at radius 1 is 1.25 bits per heavy atom. The monoisotopic (exact) mass is 271 g/mol. The molecule has 1 aliphatic heterocycles. The zero-order valence-corrected chi connectivity index (χ0v) is 12.4. The average molecular weight is 271 g/mol. The van der Waals surface area contributed by atoms with Gasteiger partial charge in [0.25, 0.3) is 0 Å². The summed E-state index contributed by atoms with van der Waals surface area (Å²) in [5.74, 6) is 4.01. The van der Waals surface area contributed by atoms with Crippen LogP contribution in [0.5, 0.6) is 0 Å². The van der Waals surface area contributed by atoms with Crippen LogP contribution in [0.1, 0.15) is 69.5 Å². The Bertz CT molecular complexity index is 542. The molecule has 20 heavy (non-hydrogen) atoms. The minimum Gasteiger partial charge on any atom is -0.370 e. The second kappa shape index (κ2) is 3.80. The van der Waals surface area contributed by atoms with Crippen molar-refractivity contribution in [2.24, 2.45) is 17.3 Å². The first-order valence-corrected chi connectivity index (χ1v) is 8.56. The predicted octanol–water partition coefficient (Wildman–Crippen LogP) is 3.94. The molecule has 1 aromatic heterocycles. The van der Waals surface area contributed by atoms with Crippen LogP contribution >= 0.6 is 0 Å². The third kappa shape index (κ3) is 1.55. The summed E-state index contributed by atoms with van der Waals surface area (Å²) in [6, 6.07) is 3.02. The fourth-order valence-electron chi connectivity index (χ4n) is 5.20. The normalized spacial score (nSPS) is 40.5. The van der Waals surface area contributed by atoms with Crippen LogP contribution < -0.4 is 5.32 Å². The molecule has 1 aromatic rings. The molecule has 3 aliphatic carbocycles. The standard InChI is InChI=1S/C17H25N3/c1-17(5-6-17)15-4-7-18-16-10-14(19-20(15)16)13-9-11-2-3-12(13)8-11/h10-13,15,18H,2-9H2,1H3. The summed E-state index contributed by atoms with van der Waals surface area (Å²) in [4.78, 5) is 0. The maximum atomic E-state index is 5.09. The predicted molar refractivity (Wildman–Crippen MR) is 79.9 cm³/mol. The van der Waals surface area contributed by atoms with Crippen LogP contribution in [0, 0.1) is 17.3 Å². The molecule has 0 aromatic carbocycles. The number of fused-ring (bicyclic) bond motifs is 3. The van der Waals surface area contributed by atoms with Gasteiger partial charge in [-0.05, 0) is 55.8 Å². The summed E-state index contributed by atoms with van der Waals surface area (Å²) in [5, 5.41) is 8.67. The second-order valence-electron chi connectivity index (χ2n) is 8.07. The minimum absolute atomic E-state index is 0.537. The molecule has 108 valence electrons. The number of hydrogen-bond acceptors (Lipinski definition) is 2. The number of hydrogen-bond donors (Lipinski definition) is 1. The van der Waals surface area contributed by atoms with E-state index in [2.05, 4.69) is 23.0 Å². The summed E-state index contributed by atoms with van der Waals surface area (Å²) in [6.07, 6.45) is 9.84. The molecule has 3 heteroatoms. The van der Waals surface area contributed by atoms with Crippen molar-refractivity contribution in [1.82, 2.24) is 9.78 Å². The number of aromatic nitrogens is 2. The van der Waals surface area contributed by atoms with Crippen molar-refractivity contribution in [3.8, 4) is 0 Å². The van der Waals surface area contributed by atoms with Gasteiger partial charge in [-0.25, -0.2) is 4.68 Å². The van der Waals surface area contributed by atoms with Crippen molar-refractivity contribution in [1.29, 1.82) is 0 Å². The van der Waals surface area contributed by atoms with Crippen molar-refractivity contribution in [2.75, 3.05) is 11.9 Å². The maximum absolute atomic E-state index is 5.09. The molecule has 5 rings (SSSR count). The minimum atomic E-state index is 0.537. The molecular weight excluding hydrogens is 246 g/mol. The molecule has 1 N–H and O–H groups in total. The molecule has 0 saturated heterocycles. The fraction of sp³-hybridized carbons (Fsp3) is 0.824. The molecule has 4 unspecified atom stereocenters. The van der Waals surface area contributed by atoms with Crippen LogP contribution in [0.3, 0.4) is 0 Å². The quantitative estimate of drug-likeness (QED) is 0.883. The van der Waals surface area contributed by atoms with Crippen LogP contribution in [-0.2, 0) is 0 Å². The Morgan fingerprint density at radius 3 is 2.85 bits per heavy atom. The van der Waals surface area contributed by atoms with Crippen molar-refractivity contribution in [3.05, 3.63) is 11.8 Å². The van der Waals surface area contributed by atoms with E-state index in [9.17, 15) is 0 Å². The lowest BCUT2D eigenvalue weighted by Gasteiger charge is -2.30. The molecule has 4 aliphatic rings. The Labute approximate surface area is 121 Å². The lowest BCUT2D eigenvalue weighted by atomic mass is 9.86. The highest BCUT2D eigenvalue weighted by Gasteiger charge is 2.48. The van der Waals surface area contributed by atoms with Crippen molar-refractivity contribution >= 4 is 5.82 Å². The summed E-state index contributed by atoms with van der Waals surface area (Å²) in [6.45, 7) is 3.58. The summed E-state index contributed by atoms with van der Waals surface area (Å²) in [5.41, 5.74) is 1.94. The first-order valence-electron chi connectivity index (χ1n) is 8.56. The number of rotatable bonds is 2. The third-order valence-corrected chi connectivity index (χ3v) is 6.73. The van der Waals surface area contributed by atoms with Gasteiger partial charge in [0.05, 0.1) is 11.7 Å². The molecule has 0 amide bonds. The topological polar surface area (TPSA) is 29.9 Å². The summed E-state index contributed by atoms with van der Waals surface area (Å²) < 4.78 is 2.36. The lowest BCUT2D eigenvalue weighted by Crippen LogP contribution is -2.28. The van der Waals surface area contributed by atoms with E-state index in [0.717, 1.165) is 24.3 Å². The highest BCUT2D eigenvalue weighted by atomic mass is 15.4. The second-order valence-corrected chi connectivity index (χ2v) is 8.07. The Kier molecular flexibility index (Phi) is 2.22. The van der Waals surface area contributed by atoms with E-state index in [1.807, 2.05) is 0 Å². The van der Waals surface area contributed by atoms with Gasteiger partial charge in [0, 0.05) is 18.5 Å². The van der Waals surface area contributed by atoms with Gasteiger partial charge in [-0.2, -0.15) is 5.10 Å². The third-order valence-electron chi connectivity index (χ3n) is 6.73. The van der Waals surface area contributed by atoms with Gasteiger partial charge >= 0.3 is 0 Å². The van der Waals surface area contributed by atoms with E-state index < -0.39 is 0 Å². The molecule has 3 saturated carbocycles. The van der Waals surface area contributed by atoms with Crippen LogP contribution in [0.4, 0.5) is 5.82 Å². The van der Waals surface area contributed by atoms with Gasteiger partial charge in [0.15, 0.2) is 0 Å². The fourth-order valence-corrected chi connectivity index (χ4v) is 5.20. The first-order chi connectivity index (χ1) is 9.73. The molecule has 2 bridgehead atoms. The molecule has 0 spiro atoms. The largest absolute Gasteiger partial charge is 0.370 e. The van der Waals surface area contributed by atoms with E-state index in [4.69, 9.17) is 5.10 Å². The van der Waals surface area contributed by atoms with Crippen LogP contribution in [0.15, 0.2) is 6.07 Å². The maximum Gasteiger partial charge on any atom is 0.124 e. The van der Waals surface area contributed by atoms with Gasteiger partial charge < -0.3 is 5.32 Å². The molecule has 3 nitrogen and oxygen atoms in total. The van der Waals surface area contributed by atoms with Gasteiger partial charge in [-0.3, -0.25) is 0 Å². The van der Waals surface area contributed by atoms with Crippen molar-refractivity contribution < 1.29 is 0 Å². The lowest BCUT2D eigenvalue weighted by molar-refractivity contribution is 0.281. The van der Waals surface area contributed by atoms with Crippen LogP contribution in [-0.4, -0.2) is 16.3 Å².